The number of carbonyl (C=O) groups excluding carboxylic acids is 2. The van der Waals surface area contributed by atoms with Crippen molar-refractivity contribution in [2.45, 2.75) is 13.5 Å². The Bertz CT molecular complexity index is 854. The molecule has 7 nitrogen and oxygen atoms in total. The average molecular weight is 376 g/mol. The maximum absolute atomic E-state index is 12.2. The quantitative estimate of drug-likeness (QED) is 0.454. The SMILES string of the molecule is CC(=O)c1cccc(NC(=O)CN(C)Cc2cc([N+](=O)[O-])ccc2Cl)c1. The summed E-state index contributed by atoms with van der Waals surface area (Å²) in [5.74, 6) is -0.353. The lowest BCUT2D eigenvalue weighted by Crippen LogP contribution is -2.30. The van der Waals surface area contributed by atoms with Gasteiger partial charge in [-0.2, -0.15) is 0 Å². The number of non-ortho nitro benzene ring substituents is 1. The minimum Gasteiger partial charge on any atom is -0.325 e. The van der Waals surface area contributed by atoms with Gasteiger partial charge in [-0.3, -0.25) is 24.6 Å². The van der Waals surface area contributed by atoms with Gasteiger partial charge in [0.2, 0.25) is 5.91 Å². The van der Waals surface area contributed by atoms with Gasteiger partial charge in [0.1, 0.15) is 0 Å². The van der Waals surface area contributed by atoms with Crippen LogP contribution in [-0.4, -0.2) is 35.1 Å². The monoisotopic (exact) mass is 375 g/mol. The third-order valence-electron chi connectivity index (χ3n) is 3.65. The number of ketones is 1. The predicted molar refractivity (Wildman–Crippen MR) is 99.5 cm³/mol. The van der Waals surface area contributed by atoms with Crippen LogP contribution in [0.2, 0.25) is 5.02 Å². The number of amides is 1. The smallest absolute Gasteiger partial charge is 0.269 e. The zero-order valence-electron chi connectivity index (χ0n) is 14.4. The molecule has 0 heterocycles. The molecule has 26 heavy (non-hydrogen) atoms. The van der Waals surface area contributed by atoms with Crippen molar-refractivity contribution in [1.29, 1.82) is 0 Å². The Morgan fingerprint density at radius 2 is 1.96 bits per heavy atom. The zero-order valence-corrected chi connectivity index (χ0v) is 15.1. The Balaban J connectivity index is 1.99. The fourth-order valence-electron chi connectivity index (χ4n) is 2.40. The lowest BCUT2D eigenvalue weighted by Gasteiger charge is -2.17. The summed E-state index contributed by atoms with van der Waals surface area (Å²) in [6.07, 6.45) is 0. The first-order valence-electron chi connectivity index (χ1n) is 7.78. The standard InChI is InChI=1S/C18H18ClN3O4/c1-12(23)13-4-3-5-15(8-13)20-18(24)11-21(2)10-14-9-16(22(25)26)6-7-17(14)19/h3-9H,10-11H2,1-2H3,(H,20,24). The lowest BCUT2D eigenvalue weighted by atomic mass is 10.1. The van der Waals surface area contributed by atoms with Gasteiger partial charge in [-0.1, -0.05) is 23.7 Å². The van der Waals surface area contributed by atoms with E-state index in [-0.39, 0.29) is 30.5 Å². The Morgan fingerprint density at radius 1 is 1.23 bits per heavy atom. The second-order valence-electron chi connectivity index (χ2n) is 5.89. The molecule has 136 valence electrons. The summed E-state index contributed by atoms with van der Waals surface area (Å²) in [5, 5.41) is 14.0. The number of Topliss-reactive ketones (excluding diaryl/α,β-unsaturated/α-hetero) is 1. The van der Waals surface area contributed by atoms with E-state index in [0.717, 1.165) is 0 Å². The molecule has 1 amide bonds. The fraction of sp³-hybridized carbons (Fsp3) is 0.222. The number of halogens is 1. The molecule has 0 unspecified atom stereocenters. The van der Waals surface area contributed by atoms with Crippen molar-refractivity contribution in [2.75, 3.05) is 18.9 Å². The number of carbonyl (C=O) groups is 2. The van der Waals surface area contributed by atoms with E-state index in [1.165, 1.54) is 25.1 Å². The van der Waals surface area contributed by atoms with E-state index in [4.69, 9.17) is 11.6 Å². The van der Waals surface area contributed by atoms with E-state index in [2.05, 4.69) is 5.32 Å². The van der Waals surface area contributed by atoms with Gasteiger partial charge in [0.05, 0.1) is 11.5 Å². The van der Waals surface area contributed by atoms with Gasteiger partial charge in [-0.25, -0.2) is 0 Å². The third-order valence-corrected chi connectivity index (χ3v) is 4.02. The van der Waals surface area contributed by atoms with Crippen LogP contribution >= 0.6 is 11.6 Å². The molecular weight excluding hydrogens is 358 g/mol. The molecular formula is C18H18ClN3O4. The van der Waals surface area contributed by atoms with Crippen molar-refractivity contribution in [3.8, 4) is 0 Å². The summed E-state index contributed by atoms with van der Waals surface area (Å²) in [7, 11) is 1.71. The molecule has 0 atom stereocenters. The molecule has 2 rings (SSSR count). The van der Waals surface area contributed by atoms with Gasteiger partial charge in [-0.15, -0.1) is 0 Å². The van der Waals surface area contributed by atoms with Gasteiger partial charge in [-0.05, 0) is 37.7 Å². The number of hydrogen-bond donors (Lipinski definition) is 1. The number of nitro groups is 1. The van der Waals surface area contributed by atoms with E-state index >= 15 is 0 Å². The summed E-state index contributed by atoms with van der Waals surface area (Å²) in [6.45, 7) is 1.79. The summed E-state index contributed by atoms with van der Waals surface area (Å²) < 4.78 is 0. The number of likely N-dealkylation sites (N-methyl/N-ethyl adjacent to an activating group) is 1. The van der Waals surface area contributed by atoms with E-state index in [1.807, 2.05) is 0 Å². The van der Waals surface area contributed by atoms with Crippen LogP contribution in [0.1, 0.15) is 22.8 Å². The highest BCUT2D eigenvalue weighted by molar-refractivity contribution is 6.31. The summed E-state index contributed by atoms with van der Waals surface area (Å²) in [4.78, 5) is 35.6. The van der Waals surface area contributed by atoms with Gasteiger partial charge >= 0.3 is 0 Å². The average Bonchev–Trinajstić information content (AvgIpc) is 2.56. The second kappa shape index (κ2) is 8.55. The van der Waals surface area contributed by atoms with Gasteiger partial charge in [0.15, 0.2) is 5.78 Å². The number of benzene rings is 2. The van der Waals surface area contributed by atoms with E-state index in [1.54, 1.807) is 36.2 Å². The molecule has 0 fully saturated rings. The van der Waals surface area contributed by atoms with Gasteiger partial charge in [0.25, 0.3) is 5.69 Å². The van der Waals surface area contributed by atoms with Crippen molar-refractivity contribution < 1.29 is 14.5 Å². The molecule has 0 saturated carbocycles. The van der Waals surface area contributed by atoms with Crippen LogP contribution in [-0.2, 0) is 11.3 Å². The Morgan fingerprint density at radius 3 is 2.62 bits per heavy atom. The van der Waals surface area contributed by atoms with Crippen LogP contribution in [0.5, 0.6) is 0 Å². The highest BCUT2D eigenvalue weighted by Crippen LogP contribution is 2.23. The third kappa shape index (κ3) is 5.37. The van der Waals surface area contributed by atoms with Gasteiger partial charge in [0, 0.05) is 35.0 Å². The number of nitrogens with one attached hydrogen (secondary N) is 1. The zero-order chi connectivity index (χ0) is 19.3. The molecule has 8 heteroatoms. The van der Waals surface area contributed by atoms with Crippen molar-refractivity contribution in [3.05, 3.63) is 68.7 Å². The topological polar surface area (TPSA) is 92.6 Å². The minimum absolute atomic E-state index is 0.0525. The highest BCUT2D eigenvalue weighted by Gasteiger charge is 2.13. The van der Waals surface area contributed by atoms with Crippen molar-refractivity contribution in [1.82, 2.24) is 4.90 Å². The number of nitrogens with zero attached hydrogens (tertiary/aromatic N) is 2. The Kier molecular flexibility index (Phi) is 6.43. The Hall–Kier alpha value is -2.77. The molecule has 0 aliphatic carbocycles. The number of hydrogen-bond acceptors (Lipinski definition) is 5. The first-order valence-corrected chi connectivity index (χ1v) is 8.16. The molecule has 2 aromatic carbocycles. The van der Waals surface area contributed by atoms with Crippen LogP contribution in [0, 0.1) is 10.1 Å². The maximum Gasteiger partial charge on any atom is 0.269 e. The van der Waals surface area contributed by atoms with Crippen molar-refractivity contribution in [3.63, 3.8) is 0 Å². The molecule has 0 aliphatic rings. The highest BCUT2D eigenvalue weighted by atomic mass is 35.5. The van der Waals surface area contributed by atoms with E-state index in [0.29, 0.717) is 21.8 Å². The van der Waals surface area contributed by atoms with Crippen LogP contribution < -0.4 is 5.32 Å². The summed E-state index contributed by atoms with van der Waals surface area (Å²) in [5.41, 5.74) is 1.56. The molecule has 0 saturated heterocycles. The molecule has 0 bridgehead atoms. The van der Waals surface area contributed by atoms with E-state index in [9.17, 15) is 19.7 Å². The van der Waals surface area contributed by atoms with Gasteiger partial charge < -0.3 is 5.32 Å². The number of rotatable bonds is 7. The molecule has 0 spiro atoms. The maximum atomic E-state index is 12.2. The largest absolute Gasteiger partial charge is 0.325 e. The summed E-state index contributed by atoms with van der Waals surface area (Å²) >= 11 is 6.08. The fourth-order valence-corrected chi connectivity index (χ4v) is 2.58. The first kappa shape index (κ1) is 19.6. The molecule has 1 N–H and O–H groups in total. The first-order chi connectivity index (χ1) is 12.3. The van der Waals surface area contributed by atoms with Crippen LogP contribution in [0.25, 0.3) is 0 Å². The Labute approximate surface area is 155 Å². The molecule has 0 aliphatic heterocycles. The van der Waals surface area contributed by atoms with Crippen molar-refractivity contribution in [2.24, 2.45) is 0 Å². The van der Waals surface area contributed by atoms with E-state index < -0.39 is 4.92 Å². The summed E-state index contributed by atoms with van der Waals surface area (Å²) in [6, 6.07) is 10.9. The number of anilines is 1. The van der Waals surface area contributed by atoms with Crippen LogP contribution in [0.15, 0.2) is 42.5 Å². The lowest BCUT2D eigenvalue weighted by molar-refractivity contribution is -0.384. The second-order valence-corrected chi connectivity index (χ2v) is 6.30. The molecule has 0 aromatic heterocycles. The molecule has 0 radical (unpaired) electrons. The van der Waals surface area contributed by atoms with Crippen LogP contribution in [0.3, 0.4) is 0 Å². The predicted octanol–water partition coefficient (Wildman–Crippen LogP) is 3.52. The number of nitro benzene ring substituents is 1. The molecule has 2 aromatic rings. The van der Waals surface area contributed by atoms with Crippen molar-refractivity contribution >= 4 is 34.7 Å². The van der Waals surface area contributed by atoms with Crippen LogP contribution in [0.4, 0.5) is 11.4 Å². The normalized spacial score (nSPS) is 10.6. The minimum atomic E-state index is -0.492.